The highest BCUT2D eigenvalue weighted by molar-refractivity contribution is 6.24. The molecule has 2 nitrogen and oxygen atoms in total. The lowest BCUT2D eigenvalue weighted by atomic mass is 9.87. The zero-order valence-electron chi connectivity index (χ0n) is 26.6. The van der Waals surface area contributed by atoms with E-state index < -0.39 is 0 Å². The molecular formula is C47H28N2. The Labute approximate surface area is 283 Å². The number of benzene rings is 9. The van der Waals surface area contributed by atoms with E-state index in [1.165, 1.54) is 65.2 Å². The highest BCUT2D eigenvalue weighted by Gasteiger charge is 2.18. The van der Waals surface area contributed by atoms with E-state index in [9.17, 15) is 5.26 Å². The summed E-state index contributed by atoms with van der Waals surface area (Å²) < 4.78 is 2.30. The minimum Gasteiger partial charge on any atom is -0.309 e. The molecule has 0 amide bonds. The summed E-state index contributed by atoms with van der Waals surface area (Å²) in [6.07, 6.45) is 0. The molecule has 0 saturated heterocycles. The van der Waals surface area contributed by atoms with Crippen LogP contribution in [-0.2, 0) is 0 Å². The Morgan fingerprint density at radius 3 is 1.57 bits per heavy atom. The fourth-order valence-electron chi connectivity index (χ4n) is 7.90. The Kier molecular flexibility index (Phi) is 5.97. The van der Waals surface area contributed by atoms with E-state index in [0.717, 1.165) is 27.7 Å². The van der Waals surface area contributed by atoms with Gasteiger partial charge in [0.25, 0.3) is 0 Å². The molecule has 10 aromatic rings. The molecule has 0 aliphatic rings. The van der Waals surface area contributed by atoms with Gasteiger partial charge in [-0.05, 0) is 114 Å². The Hall–Kier alpha value is -6.69. The van der Waals surface area contributed by atoms with Gasteiger partial charge in [-0.25, -0.2) is 0 Å². The second-order valence-corrected chi connectivity index (χ2v) is 12.8. The normalized spacial score (nSPS) is 11.7. The smallest absolute Gasteiger partial charge is 0.0992 e. The van der Waals surface area contributed by atoms with Gasteiger partial charge in [-0.2, -0.15) is 5.26 Å². The summed E-state index contributed by atoms with van der Waals surface area (Å²) in [5.41, 5.74) is 8.72. The molecule has 2 heteroatoms. The first-order valence-corrected chi connectivity index (χ1v) is 16.7. The van der Waals surface area contributed by atoms with Crippen molar-refractivity contribution in [1.29, 1.82) is 5.26 Å². The summed E-state index contributed by atoms with van der Waals surface area (Å²) in [6, 6.07) is 63.5. The van der Waals surface area contributed by atoms with Crippen molar-refractivity contribution in [3.05, 3.63) is 175 Å². The number of aromatic nitrogens is 1. The number of para-hydroxylation sites is 1. The maximum atomic E-state index is 9.75. The first-order chi connectivity index (χ1) is 24.2. The summed E-state index contributed by atoms with van der Waals surface area (Å²) >= 11 is 0. The molecule has 0 atom stereocenters. The van der Waals surface area contributed by atoms with E-state index in [-0.39, 0.29) is 0 Å². The molecule has 226 valence electrons. The first kappa shape index (κ1) is 27.4. The van der Waals surface area contributed by atoms with Crippen LogP contribution in [0.25, 0.3) is 92.8 Å². The second-order valence-electron chi connectivity index (χ2n) is 12.8. The third-order valence-electron chi connectivity index (χ3n) is 10.2. The summed E-state index contributed by atoms with van der Waals surface area (Å²) in [4.78, 5) is 0. The lowest BCUT2D eigenvalue weighted by Gasteiger charge is -2.16. The van der Waals surface area contributed by atoms with Gasteiger partial charge in [0.15, 0.2) is 0 Å². The molecular weight excluding hydrogens is 593 g/mol. The fraction of sp³-hybridized carbons (Fsp3) is 0. The van der Waals surface area contributed by atoms with Gasteiger partial charge >= 0.3 is 0 Å². The van der Waals surface area contributed by atoms with E-state index >= 15 is 0 Å². The van der Waals surface area contributed by atoms with Crippen molar-refractivity contribution in [1.82, 2.24) is 4.57 Å². The molecule has 1 heterocycles. The number of rotatable bonds is 3. The van der Waals surface area contributed by atoms with Crippen LogP contribution in [-0.4, -0.2) is 4.57 Å². The molecule has 0 aliphatic carbocycles. The molecule has 0 fully saturated rings. The van der Waals surface area contributed by atoms with Crippen molar-refractivity contribution in [2.24, 2.45) is 0 Å². The molecule has 0 radical (unpaired) electrons. The Balaban J connectivity index is 1.27. The van der Waals surface area contributed by atoms with Crippen LogP contribution in [0.4, 0.5) is 0 Å². The average molecular weight is 621 g/mol. The summed E-state index contributed by atoms with van der Waals surface area (Å²) in [5, 5.41) is 22.0. The Bertz CT molecular complexity index is 3000. The first-order valence-electron chi connectivity index (χ1n) is 16.7. The standard InChI is InChI=1S/C47H28N2/c48-29-30-18-22-40-41-23-21-34(26-47(41)49(46(40)24-30)35-12-2-1-3-13-35)43-28-45-38-16-8-6-14-36(38)42(27-44(45)39-17-9-7-15-37(39)43)33-20-19-31-10-4-5-11-32(31)25-33/h1-28H. The van der Waals surface area contributed by atoms with Crippen molar-refractivity contribution in [2.75, 3.05) is 0 Å². The van der Waals surface area contributed by atoms with Gasteiger partial charge in [0, 0.05) is 16.5 Å². The van der Waals surface area contributed by atoms with Crippen LogP contribution in [0.5, 0.6) is 0 Å². The van der Waals surface area contributed by atoms with Gasteiger partial charge in [0.05, 0.1) is 22.7 Å². The minimum atomic E-state index is 0.656. The van der Waals surface area contributed by atoms with Gasteiger partial charge in [-0.15, -0.1) is 0 Å². The third-order valence-corrected chi connectivity index (χ3v) is 10.2. The van der Waals surface area contributed by atoms with Crippen molar-refractivity contribution in [2.45, 2.75) is 0 Å². The molecule has 0 aliphatic heterocycles. The van der Waals surface area contributed by atoms with Crippen LogP contribution in [0.3, 0.4) is 0 Å². The molecule has 0 spiro atoms. The minimum absolute atomic E-state index is 0.656. The number of nitrogens with zero attached hydrogens (tertiary/aromatic N) is 2. The maximum absolute atomic E-state index is 9.75. The molecule has 49 heavy (non-hydrogen) atoms. The van der Waals surface area contributed by atoms with Crippen LogP contribution in [0, 0.1) is 11.3 Å². The van der Waals surface area contributed by atoms with Gasteiger partial charge < -0.3 is 4.57 Å². The average Bonchev–Trinajstić information content (AvgIpc) is 3.50. The van der Waals surface area contributed by atoms with E-state index in [0.29, 0.717) is 5.56 Å². The van der Waals surface area contributed by atoms with E-state index in [2.05, 4.69) is 162 Å². The Morgan fingerprint density at radius 1 is 0.367 bits per heavy atom. The highest BCUT2D eigenvalue weighted by atomic mass is 15.0. The molecule has 0 N–H and O–H groups in total. The number of hydrogen-bond acceptors (Lipinski definition) is 1. The largest absolute Gasteiger partial charge is 0.309 e. The topological polar surface area (TPSA) is 28.7 Å². The third kappa shape index (κ3) is 4.20. The molecule has 0 saturated carbocycles. The lowest BCUT2D eigenvalue weighted by Crippen LogP contribution is -1.94. The SMILES string of the molecule is N#Cc1ccc2c3ccc(-c4cc5c6ccccc6c(-c6ccc7ccccc7c6)cc5c5ccccc45)cc3n(-c3ccccc3)c2c1. The summed E-state index contributed by atoms with van der Waals surface area (Å²) in [6.45, 7) is 0. The van der Waals surface area contributed by atoms with Crippen molar-refractivity contribution < 1.29 is 0 Å². The molecule has 10 rings (SSSR count). The summed E-state index contributed by atoms with van der Waals surface area (Å²) in [7, 11) is 0. The Morgan fingerprint density at radius 2 is 0.898 bits per heavy atom. The van der Waals surface area contributed by atoms with Gasteiger partial charge in [-0.1, -0.05) is 121 Å². The number of hydrogen-bond donors (Lipinski definition) is 0. The predicted octanol–water partition coefficient (Wildman–Crippen LogP) is 12.6. The van der Waals surface area contributed by atoms with Gasteiger partial charge in [-0.3, -0.25) is 0 Å². The van der Waals surface area contributed by atoms with Gasteiger partial charge in [0.1, 0.15) is 0 Å². The van der Waals surface area contributed by atoms with Crippen molar-refractivity contribution in [3.63, 3.8) is 0 Å². The number of fused-ring (bicyclic) bond motifs is 9. The quantitative estimate of drug-likeness (QED) is 0.181. The zero-order valence-corrected chi connectivity index (χ0v) is 26.6. The van der Waals surface area contributed by atoms with Crippen LogP contribution in [0.2, 0.25) is 0 Å². The molecule has 0 bridgehead atoms. The van der Waals surface area contributed by atoms with Crippen LogP contribution in [0.1, 0.15) is 5.56 Å². The molecule has 9 aromatic carbocycles. The van der Waals surface area contributed by atoms with Crippen LogP contribution >= 0.6 is 0 Å². The summed E-state index contributed by atoms with van der Waals surface area (Å²) in [5.74, 6) is 0. The number of nitriles is 1. The second kappa shape index (κ2) is 10.7. The fourth-order valence-corrected chi connectivity index (χ4v) is 7.90. The predicted molar refractivity (Wildman–Crippen MR) is 206 cm³/mol. The van der Waals surface area contributed by atoms with E-state index in [4.69, 9.17) is 0 Å². The van der Waals surface area contributed by atoms with E-state index in [1.807, 2.05) is 18.2 Å². The van der Waals surface area contributed by atoms with E-state index in [1.54, 1.807) is 0 Å². The maximum Gasteiger partial charge on any atom is 0.0992 e. The van der Waals surface area contributed by atoms with Crippen molar-refractivity contribution >= 4 is 64.9 Å². The monoisotopic (exact) mass is 620 g/mol. The lowest BCUT2D eigenvalue weighted by molar-refractivity contribution is 1.18. The van der Waals surface area contributed by atoms with Crippen LogP contribution in [0.15, 0.2) is 170 Å². The van der Waals surface area contributed by atoms with Crippen molar-refractivity contribution in [3.8, 4) is 34.0 Å². The highest BCUT2D eigenvalue weighted by Crippen LogP contribution is 2.43. The molecule has 0 unspecified atom stereocenters. The molecule has 1 aromatic heterocycles. The van der Waals surface area contributed by atoms with Gasteiger partial charge in [0.2, 0.25) is 0 Å². The van der Waals surface area contributed by atoms with Crippen LogP contribution < -0.4 is 0 Å². The zero-order chi connectivity index (χ0) is 32.5.